The Balaban J connectivity index is 0.882. The molecule has 56 heavy (non-hydrogen) atoms. The van der Waals surface area contributed by atoms with E-state index in [4.69, 9.17) is 0 Å². The van der Waals surface area contributed by atoms with E-state index in [1.165, 1.54) is 129 Å². The van der Waals surface area contributed by atoms with E-state index in [1.807, 2.05) is 0 Å². The van der Waals surface area contributed by atoms with Gasteiger partial charge in [-0.25, -0.2) is 0 Å². The lowest BCUT2D eigenvalue weighted by atomic mass is 9.88. The van der Waals surface area contributed by atoms with Crippen molar-refractivity contribution in [1.29, 1.82) is 0 Å². The average molecular weight is 759 g/mol. The first-order chi connectivity index (χ1) is 27.7. The molecular formula is C54H48P2. The van der Waals surface area contributed by atoms with Crippen molar-refractivity contribution < 1.29 is 0 Å². The number of hydrogen-bond acceptors (Lipinski definition) is 0. The fraction of sp³-hybridized carbons (Fsp3) is 0.259. The third-order valence-corrected chi connectivity index (χ3v) is 20.7. The molecule has 0 amide bonds. The van der Waals surface area contributed by atoms with Gasteiger partial charge in [-0.3, -0.25) is 0 Å². The summed E-state index contributed by atoms with van der Waals surface area (Å²) >= 11 is 0. The lowest BCUT2D eigenvalue weighted by Gasteiger charge is -2.33. The first kappa shape index (κ1) is 33.8. The monoisotopic (exact) mass is 758 g/mol. The van der Waals surface area contributed by atoms with Crippen LogP contribution < -0.4 is 0 Å². The third kappa shape index (κ3) is 5.47. The Morgan fingerprint density at radius 3 is 1.18 bits per heavy atom. The zero-order valence-electron chi connectivity index (χ0n) is 32.1. The molecule has 8 aromatic carbocycles. The molecule has 2 aliphatic carbocycles. The number of hydrogen-bond donors (Lipinski definition) is 0. The van der Waals surface area contributed by atoms with Crippen LogP contribution in [-0.2, 0) is 24.6 Å². The van der Waals surface area contributed by atoms with E-state index in [1.54, 1.807) is 22.3 Å². The van der Waals surface area contributed by atoms with Gasteiger partial charge in [-0.2, -0.15) is 0 Å². The first-order valence-corrected chi connectivity index (χ1v) is 24.8. The Kier molecular flexibility index (Phi) is 8.23. The quantitative estimate of drug-likeness (QED) is 0.157. The van der Waals surface area contributed by atoms with Crippen LogP contribution in [0.3, 0.4) is 0 Å². The van der Waals surface area contributed by atoms with Crippen molar-refractivity contribution in [1.82, 2.24) is 0 Å². The lowest BCUT2D eigenvalue weighted by Crippen LogP contribution is -2.22. The maximum Gasteiger partial charge on any atom is -0.00606 e. The predicted octanol–water partition coefficient (Wildman–Crippen LogP) is 15.7. The van der Waals surface area contributed by atoms with Crippen molar-refractivity contribution in [3.05, 3.63) is 168 Å². The zero-order valence-corrected chi connectivity index (χ0v) is 33.9. The molecule has 274 valence electrons. The highest BCUT2D eigenvalue weighted by atomic mass is 31.1. The van der Waals surface area contributed by atoms with Crippen LogP contribution in [-0.4, -0.2) is 11.3 Å². The summed E-state index contributed by atoms with van der Waals surface area (Å²) < 4.78 is 0. The number of benzene rings is 8. The predicted molar refractivity (Wildman–Crippen MR) is 245 cm³/mol. The second-order valence-electron chi connectivity index (χ2n) is 17.5. The van der Waals surface area contributed by atoms with E-state index in [9.17, 15) is 0 Å². The van der Waals surface area contributed by atoms with E-state index in [2.05, 4.69) is 146 Å². The molecule has 0 aromatic heterocycles. The van der Waals surface area contributed by atoms with Crippen LogP contribution in [0.25, 0.3) is 65.3 Å². The largest absolute Gasteiger partial charge is 0.0945 e. The van der Waals surface area contributed by atoms with Crippen molar-refractivity contribution in [3.8, 4) is 22.3 Å². The minimum absolute atomic E-state index is 0.156. The number of fused-ring (bicyclic) bond motifs is 14. The molecule has 2 heteroatoms. The molecule has 0 N–H and O–H groups in total. The van der Waals surface area contributed by atoms with Crippen LogP contribution in [0.15, 0.2) is 146 Å². The molecule has 4 atom stereocenters. The fourth-order valence-corrected chi connectivity index (χ4v) is 18.7. The van der Waals surface area contributed by atoms with Crippen LogP contribution in [0.1, 0.15) is 60.8 Å². The zero-order chi connectivity index (χ0) is 36.7. The van der Waals surface area contributed by atoms with Crippen molar-refractivity contribution in [3.63, 3.8) is 0 Å². The van der Waals surface area contributed by atoms with Gasteiger partial charge in [0.05, 0.1) is 0 Å². The van der Waals surface area contributed by atoms with Crippen LogP contribution in [0.2, 0.25) is 0 Å². The van der Waals surface area contributed by atoms with Gasteiger partial charge in [0.15, 0.2) is 0 Å². The van der Waals surface area contributed by atoms with Gasteiger partial charge in [0, 0.05) is 0 Å². The highest BCUT2D eigenvalue weighted by molar-refractivity contribution is 7.57. The van der Waals surface area contributed by atoms with E-state index in [0.717, 1.165) is 23.2 Å². The lowest BCUT2D eigenvalue weighted by molar-refractivity contribution is 0.352. The van der Waals surface area contributed by atoms with Crippen molar-refractivity contribution >= 4 is 58.9 Å². The van der Waals surface area contributed by atoms with Gasteiger partial charge in [-0.15, -0.1) is 0 Å². The second-order valence-corrected chi connectivity index (χ2v) is 22.5. The molecular weight excluding hydrogens is 711 g/mol. The summed E-state index contributed by atoms with van der Waals surface area (Å²) in [4.78, 5) is 0. The molecule has 2 fully saturated rings. The molecule has 12 rings (SSSR count). The Hall–Kier alpha value is -4.34. The topological polar surface area (TPSA) is 0 Å². The molecule has 2 unspecified atom stereocenters. The highest BCUT2D eigenvalue weighted by Crippen LogP contribution is 2.65. The normalized spacial score (nSPS) is 22.5. The maximum absolute atomic E-state index is 2.52. The van der Waals surface area contributed by atoms with Crippen LogP contribution in [0.4, 0.5) is 0 Å². The van der Waals surface area contributed by atoms with Crippen molar-refractivity contribution in [2.75, 3.05) is 0 Å². The van der Waals surface area contributed by atoms with Gasteiger partial charge in [0.2, 0.25) is 0 Å². The molecule has 0 radical (unpaired) electrons. The molecule has 0 saturated heterocycles. The standard InChI is InChI=1S/C54H48P2/c1-5-14-46-35(10-1)20-24-40-31-55(32-41-25-21-36-11-2-6-15-47(36)52(41)51(40)46)44-29-28-39(30-44)45-18-9-19-50(45)56-33-42-26-22-37-12-3-7-16-48(37)53(42)54-43(34-56)27-23-38-13-4-8-17-49(38)54/h1-8,10-17,20-27,39,44-45,50H,9,18-19,28-34H2/t39?,44-,45?,50-/m0/s1. The van der Waals surface area contributed by atoms with Gasteiger partial charge in [0.25, 0.3) is 0 Å². The van der Waals surface area contributed by atoms with Crippen LogP contribution in [0.5, 0.6) is 0 Å². The SMILES string of the molecule is c1ccc2c3c(ccc2c1)CP([C@H]1CCC(C2CCC[C@@H]2P2Cc4ccc5ccccc5c4-c4c(ccc5ccccc45)C2)C1)Cc1ccc2ccccc2c1-3. The Bertz CT molecular complexity index is 2660. The van der Waals surface area contributed by atoms with E-state index in [-0.39, 0.29) is 15.8 Å². The fourth-order valence-electron chi connectivity index (χ4n) is 12.1. The summed E-state index contributed by atoms with van der Waals surface area (Å²) in [6, 6.07) is 56.4. The molecule has 0 bridgehead atoms. The minimum atomic E-state index is -0.170. The molecule has 4 aliphatic rings. The van der Waals surface area contributed by atoms with Gasteiger partial charge in [-0.05, 0) is 168 Å². The molecule has 8 aromatic rings. The highest BCUT2D eigenvalue weighted by Gasteiger charge is 2.43. The molecule has 2 saturated carbocycles. The average Bonchev–Trinajstić information content (AvgIpc) is 3.86. The van der Waals surface area contributed by atoms with E-state index in [0.29, 0.717) is 0 Å². The van der Waals surface area contributed by atoms with Crippen LogP contribution >= 0.6 is 15.8 Å². The summed E-state index contributed by atoms with van der Waals surface area (Å²) in [6.45, 7) is 0. The molecule has 2 heterocycles. The molecule has 2 aliphatic heterocycles. The van der Waals surface area contributed by atoms with Gasteiger partial charge < -0.3 is 0 Å². The van der Waals surface area contributed by atoms with Gasteiger partial charge in [-0.1, -0.05) is 168 Å². The second kappa shape index (κ2) is 13.7. The van der Waals surface area contributed by atoms with Crippen molar-refractivity contribution in [2.45, 2.75) is 74.5 Å². The van der Waals surface area contributed by atoms with Gasteiger partial charge >= 0.3 is 0 Å². The smallest absolute Gasteiger partial charge is 0.00606 e. The summed E-state index contributed by atoms with van der Waals surface area (Å²) in [5, 5.41) is 11.2. The van der Waals surface area contributed by atoms with Crippen molar-refractivity contribution in [2.24, 2.45) is 11.8 Å². The Labute approximate surface area is 333 Å². The summed E-state index contributed by atoms with van der Waals surface area (Å²) in [5.41, 5.74) is 14.3. The van der Waals surface area contributed by atoms with E-state index < -0.39 is 0 Å². The van der Waals surface area contributed by atoms with E-state index >= 15 is 0 Å². The number of rotatable bonds is 3. The van der Waals surface area contributed by atoms with Gasteiger partial charge in [0.1, 0.15) is 0 Å². The Morgan fingerprint density at radius 2 is 0.750 bits per heavy atom. The molecule has 0 nitrogen and oxygen atoms in total. The van der Waals surface area contributed by atoms with Crippen LogP contribution in [0, 0.1) is 11.8 Å². The molecule has 0 spiro atoms. The first-order valence-electron chi connectivity index (χ1n) is 21.3. The Morgan fingerprint density at radius 1 is 0.357 bits per heavy atom. The third-order valence-electron chi connectivity index (χ3n) is 14.6. The minimum Gasteiger partial charge on any atom is -0.0945 e. The maximum atomic E-state index is 2.52. The summed E-state index contributed by atoms with van der Waals surface area (Å²) in [5.74, 6) is 1.79. The summed E-state index contributed by atoms with van der Waals surface area (Å²) in [6.07, 6.45) is 13.8. The summed E-state index contributed by atoms with van der Waals surface area (Å²) in [7, 11) is -0.326.